The van der Waals surface area contributed by atoms with E-state index in [1.165, 1.54) is 11.8 Å². The number of nitrogens with one attached hydrogen (secondary N) is 1. The number of nitrogens with zero attached hydrogens (tertiary/aromatic N) is 2. The smallest absolute Gasteiger partial charge is 0.156 e. The second kappa shape index (κ2) is 4.99. The summed E-state index contributed by atoms with van der Waals surface area (Å²) >= 11 is 3.05. The molecule has 3 rings (SSSR count). The molecule has 0 bridgehead atoms. The van der Waals surface area contributed by atoms with Crippen molar-refractivity contribution in [3.05, 3.63) is 47.5 Å². The maximum Gasteiger partial charge on any atom is 0.156 e. The third-order valence-electron chi connectivity index (χ3n) is 2.58. The first-order valence-corrected chi connectivity index (χ1v) is 7.25. The Hall–Kier alpha value is -1.92. The molecule has 0 spiro atoms. The fourth-order valence-electron chi connectivity index (χ4n) is 1.78. The molecule has 0 atom stereocenters. The Morgan fingerprint density at radius 3 is 2.89 bits per heavy atom. The standard InChI is InChI=1S/C13H10N4S2/c14-12(15)9-7-11(19-13-16-5-6-18-13)17-10-4-2-1-3-8(9)10/h1-7H,(H3,14,15). The molecule has 0 saturated heterocycles. The van der Waals surface area contributed by atoms with Crippen molar-refractivity contribution in [3.63, 3.8) is 0 Å². The van der Waals surface area contributed by atoms with Crippen LogP contribution in [0.4, 0.5) is 0 Å². The molecule has 0 fully saturated rings. The molecule has 0 unspecified atom stereocenters. The van der Waals surface area contributed by atoms with Crippen molar-refractivity contribution < 1.29 is 0 Å². The molecule has 0 aliphatic rings. The van der Waals surface area contributed by atoms with E-state index in [1.54, 1.807) is 17.5 Å². The predicted octanol–water partition coefficient (Wildman–Crippen LogP) is 3.13. The molecule has 0 aliphatic heterocycles. The summed E-state index contributed by atoms with van der Waals surface area (Å²) in [6, 6.07) is 9.54. The van der Waals surface area contributed by atoms with Crippen LogP contribution < -0.4 is 5.73 Å². The van der Waals surface area contributed by atoms with Gasteiger partial charge in [0.25, 0.3) is 0 Å². The molecule has 19 heavy (non-hydrogen) atoms. The SMILES string of the molecule is N=C(N)c1cc(Sc2nccs2)nc2ccccc12. The van der Waals surface area contributed by atoms with Gasteiger partial charge in [0.05, 0.1) is 5.52 Å². The number of rotatable bonds is 3. The number of hydrogen-bond donors (Lipinski definition) is 2. The number of fused-ring (bicyclic) bond motifs is 1. The summed E-state index contributed by atoms with van der Waals surface area (Å²) in [5.41, 5.74) is 7.21. The largest absolute Gasteiger partial charge is 0.384 e. The van der Waals surface area contributed by atoms with Crippen molar-refractivity contribution in [1.29, 1.82) is 5.41 Å². The lowest BCUT2D eigenvalue weighted by Gasteiger charge is -2.07. The second-order valence-corrected chi connectivity index (χ2v) is 6.00. The van der Waals surface area contributed by atoms with Gasteiger partial charge in [0.1, 0.15) is 10.9 Å². The molecule has 0 saturated carbocycles. The Morgan fingerprint density at radius 2 is 2.16 bits per heavy atom. The van der Waals surface area contributed by atoms with Gasteiger partial charge in [-0.3, -0.25) is 5.41 Å². The number of para-hydroxylation sites is 1. The van der Waals surface area contributed by atoms with Crippen molar-refractivity contribution in [2.75, 3.05) is 0 Å². The Morgan fingerprint density at radius 1 is 1.32 bits per heavy atom. The molecule has 94 valence electrons. The zero-order valence-corrected chi connectivity index (χ0v) is 11.5. The third kappa shape index (κ3) is 2.45. The van der Waals surface area contributed by atoms with Crippen molar-refractivity contribution in [1.82, 2.24) is 9.97 Å². The number of thiazole rings is 1. The molecule has 2 aromatic heterocycles. The van der Waals surface area contributed by atoms with Crippen LogP contribution in [0.1, 0.15) is 5.56 Å². The van der Waals surface area contributed by atoms with Gasteiger partial charge in [-0.25, -0.2) is 9.97 Å². The highest BCUT2D eigenvalue weighted by Crippen LogP contribution is 2.30. The van der Waals surface area contributed by atoms with Gasteiger partial charge >= 0.3 is 0 Å². The van der Waals surface area contributed by atoms with E-state index < -0.39 is 0 Å². The lowest BCUT2D eigenvalue weighted by Crippen LogP contribution is -2.12. The molecule has 6 heteroatoms. The Balaban J connectivity index is 2.13. The van der Waals surface area contributed by atoms with Gasteiger partial charge in [-0.15, -0.1) is 11.3 Å². The van der Waals surface area contributed by atoms with Gasteiger partial charge in [-0.2, -0.15) is 0 Å². The fourth-order valence-corrected chi connectivity index (χ4v) is 3.36. The van der Waals surface area contributed by atoms with Crippen LogP contribution in [-0.4, -0.2) is 15.8 Å². The second-order valence-electron chi connectivity index (χ2n) is 3.84. The Bertz CT molecular complexity index is 737. The van der Waals surface area contributed by atoms with Gasteiger partial charge in [0.15, 0.2) is 4.34 Å². The van der Waals surface area contributed by atoms with Gasteiger partial charge in [0.2, 0.25) is 0 Å². The predicted molar refractivity (Wildman–Crippen MR) is 79.0 cm³/mol. The van der Waals surface area contributed by atoms with E-state index in [-0.39, 0.29) is 5.84 Å². The minimum atomic E-state index is 0.0552. The average molecular weight is 286 g/mol. The summed E-state index contributed by atoms with van der Waals surface area (Å²) in [4.78, 5) is 8.79. The number of hydrogen-bond acceptors (Lipinski definition) is 5. The topological polar surface area (TPSA) is 75.7 Å². The van der Waals surface area contributed by atoms with Gasteiger partial charge in [0, 0.05) is 22.5 Å². The number of aromatic nitrogens is 2. The zero-order valence-electron chi connectivity index (χ0n) is 9.83. The molecule has 0 radical (unpaired) electrons. The van der Waals surface area contributed by atoms with Gasteiger partial charge in [-0.1, -0.05) is 18.2 Å². The molecule has 3 aromatic rings. The molecule has 0 aliphatic carbocycles. The van der Waals surface area contributed by atoms with Crippen LogP contribution in [-0.2, 0) is 0 Å². The number of nitrogen functional groups attached to an aromatic ring is 1. The molecule has 3 N–H and O–H groups in total. The van der Waals surface area contributed by atoms with Crippen LogP contribution in [0.25, 0.3) is 10.9 Å². The van der Waals surface area contributed by atoms with Crippen LogP contribution in [0, 0.1) is 5.41 Å². The van der Waals surface area contributed by atoms with Crippen LogP contribution in [0.2, 0.25) is 0 Å². The van der Waals surface area contributed by atoms with E-state index in [4.69, 9.17) is 11.1 Å². The Kier molecular flexibility index (Phi) is 3.18. The van der Waals surface area contributed by atoms with E-state index in [0.717, 1.165) is 20.3 Å². The molecular weight excluding hydrogens is 276 g/mol. The maximum absolute atomic E-state index is 7.69. The van der Waals surface area contributed by atoms with Crippen LogP contribution >= 0.6 is 23.1 Å². The first-order chi connectivity index (χ1) is 9.24. The van der Waals surface area contributed by atoms with E-state index in [1.807, 2.05) is 35.7 Å². The monoisotopic (exact) mass is 286 g/mol. The summed E-state index contributed by atoms with van der Waals surface area (Å²) < 4.78 is 0.928. The van der Waals surface area contributed by atoms with E-state index in [2.05, 4.69) is 9.97 Å². The summed E-state index contributed by atoms with van der Waals surface area (Å²) in [6.45, 7) is 0. The average Bonchev–Trinajstić information content (AvgIpc) is 2.90. The summed E-state index contributed by atoms with van der Waals surface area (Å²) in [5.74, 6) is 0.0552. The maximum atomic E-state index is 7.69. The van der Waals surface area contributed by atoms with Gasteiger partial charge < -0.3 is 5.73 Å². The van der Waals surface area contributed by atoms with Crippen molar-refractivity contribution >= 4 is 39.8 Å². The quantitative estimate of drug-likeness (QED) is 0.573. The van der Waals surface area contributed by atoms with E-state index in [0.29, 0.717) is 5.56 Å². The lowest BCUT2D eigenvalue weighted by molar-refractivity contribution is 1.16. The normalized spacial score (nSPS) is 10.7. The highest BCUT2D eigenvalue weighted by molar-refractivity contribution is 8.01. The van der Waals surface area contributed by atoms with Crippen molar-refractivity contribution in [2.24, 2.45) is 5.73 Å². The molecule has 0 amide bonds. The molecule has 4 nitrogen and oxygen atoms in total. The highest BCUT2D eigenvalue weighted by atomic mass is 32.2. The molecule has 1 aromatic carbocycles. The van der Waals surface area contributed by atoms with Crippen LogP contribution in [0.3, 0.4) is 0 Å². The fraction of sp³-hybridized carbons (Fsp3) is 0. The highest BCUT2D eigenvalue weighted by Gasteiger charge is 2.09. The minimum absolute atomic E-state index is 0.0552. The van der Waals surface area contributed by atoms with Crippen molar-refractivity contribution in [2.45, 2.75) is 9.37 Å². The lowest BCUT2D eigenvalue weighted by atomic mass is 10.1. The van der Waals surface area contributed by atoms with Crippen LogP contribution in [0.15, 0.2) is 51.3 Å². The summed E-state index contributed by atoms with van der Waals surface area (Å²) in [7, 11) is 0. The number of benzene rings is 1. The number of nitrogens with two attached hydrogens (primary N) is 1. The zero-order chi connectivity index (χ0) is 13.2. The minimum Gasteiger partial charge on any atom is -0.384 e. The van der Waals surface area contributed by atoms with Crippen molar-refractivity contribution in [3.8, 4) is 0 Å². The number of amidine groups is 1. The first-order valence-electron chi connectivity index (χ1n) is 5.55. The van der Waals surface area contributed by atoms with Crippen LogP contribution in [0.5, 0.6) is 0 Å². The first kappa shape index (κ1) is 12.1. The van der Waals surface area contributed by atoms with Gasteiger partial charge in [-0.05, 0) is 23.9 Å². The van der Waals surface area contributed by atoms with E-state index >= 15 is 0 Å². The summed E-state index contributed by atoms with van der Waals surface area (Å²) in [6.07, 6.45) is 1.76. The molecular formula is C13H10N4S2. The Labute approximate surface area is 118 Å². The third-order valence-corrected chi connectivity index (χ3v) is 4.39. The summed E-state index contributed by atoms with van der Waals surface area (Å²) in [5, 5.41) is 11.3. The number of pyridine rings is 1. The van der Waals surface area contributed by atoms with E-state index in [9.17, 15) is 0 Å². The molecule has 2 heterocycles.